The van der Waals surface area contributed by atoms with Crippen LogP contribution in [0.1, 0.15) is 29.5 Å². The van der Waals surface area contributed by atoms with Crippen molar-refractivity contribution in [3.8, 4) is 0 Å². The summed E-state index contributed by atoms with van der Waals surface area (Å²) in [5.41, 5.74) is 4.50. The molecule has 0 heterocycles. The van der Waals surface area contributed by atoms with Gasteiger partial charge in [0, 0.05) is 0 Å². The summed E-state index contributed by atoms with van der Waals surface area (Å²) in [6.45, 7) is 7.63. The molecule has 0 nitrogen and oxygen atoms in total. The zero-order chi connectivity index (χ0) is 11.4. The van der Waals surface area contributed by atoms with E-state index in [0.717, 1.165) is 18.8 Å². The molecule has 1 atom stereocenters. The van der Waals surface area contributed by atoms with Crippen molar-refractivity contribution in [2.75, 3.05) is 0 Å². The lowest BCUT2D eigenvalue weighted by molar-refractivity contribution is 0.464. The van der Waals surface area contributed by atoms with Gasteiger partial charge in [0.15, 0.2) is 0 Å². The van der Waals surface area contributed by atoms with E-state index in [9.17, 15) is 0 Å². The minimum atomic E-state index is 0.815. The molecule has 1 aliphatic carbocycles. The summed E-state index contributed by atoms with van der Waals surface area (Å²) in [6.07, 6.45) is 9.97. The zero-order valence-electron chi connectivity index (χ0n) is 9.91. The second kappa shape index (κ2) is 5.16. The highest BCUT2D eigenvalue weighted by Crippen LogP contribution is 2.28. The van der Waals surface area contributed by atoms with Crippen molar-refractivity contribution in [3.63, 3.8) is 0 Å². The van der Waals surface area contributed by atoms with Crippen molar-refractivity contribution < 1.29 is 0 Å². The van der Waals surface area contributed by atoms with E-state index >= 15 is 0 Å². The predicted molar refractivity (Wildman–Crippen MR) is 70.7 cm³/mol. The Hall–Kier alpha value is -1.30. The molecule has 1 aliphatic rings. The van der Waals surface area contributed by atoms with Crippen molar-refractivity contribution in [2.45, 2.75) is 32.1 Å². The van der Waals surface area contributed by atoms with Gasteiger partial charge in [-0.25, -0.2) is 0 Å². The first kappa shape index (κ1) is 11.2. The summed E-state index contributed by atoms with van der Waals surface area (Å²) in [5.74, 6) is 0.815. The van der Waals surface area contributed by atoms with Gasteiger partial charge in [0.25, 0.3) is 0 Å². The van der Waals surface area contributed by atoms with Crippen LogP contribution in [0.25, 0.3) is 0 Å². The minimum absolute atomic E-state index is 0.815. The van der Waals surface area contributed by atoms with Crippen LogP contribution in [0, 0.1) is 5.92 Å². The van der Waals surface area contributed by atoms with Crippen LogP contribution in [-0.2, 0) is 19.3 Å². The number of hydrogen-bond donors (Lipinski definition) is 0. The van der Waals surface area contributed by atoms with Gasteiger partial charge in [0.05, 0.1) is 0 Å². The van der Waals surface area contributed by atoms with E-state index in [4.69, 9.17) is 0 Å². The van der Waals surface area contributed by atoms with Gasteiger partial charge in [-0.1, -0.05) is 30.4 Å². The molecule has 0 fully saturated rings. The molecule has 0 bridgehead atoms. The lowest BCUT2D eigenvalue weighted by Gasteiger charge is -2.24. The molecule has 16 heavy (non-hydrogen) atoms. The van der Waals surface area contributed by atoms with Crippen molar-refractivity contribution in [1.82, 2.24) is 0 Å². The van der Waals surface area contributed by atoms with Crippen molar-refractivity contribution in [2.24, 2.45) is 5.92 Å². The van der Waals surface area contributed by atoms with E-state index < -0.39 is 0 Å². The van der Waals surface area contributed by atoms with Gasteiger partial charge in [0.2, 0.25) is 0 Å². The van der Waals surface area contributed by atoms with Crippen LogP contribution in [0.4, 0.5) is 0 Å². The van der Waals surface area contributed by atoms with E-state index in [1.165, 1.54) is 24.8 Å². The molecule has 0 saturated carbocycles. The molecule has 2 rings (SSSR count). The van der Waals surface area contributed by atoms with Crippen molar-refractivity contribution in [1.29, 1.82) is 0 Å². The molecule has 0 heteroatoms. The maximum Gasteiger partial charge on any atom is -0.0100 e. The Morgan fingerprint density at radius 1 is 1.19 bits per heavy atom. The van der Waals surface area contributed by atoms with Gasteiger partial charge in [-0.2, -0.15) is 0 Å². The summed E-state index contributed by atoms with van der Waals surface area (Å²) in [6, 6.07) is 6.92. The summed E-state index contributed by atoms with van der Waals surface area (Å²) in [7, 11) is 0. The molecule has 84 valence electrons. The molecule has 0 radical (unpaired) electrons. The fraction of sp³-hybridized carbons (Fsp3) is 0.375. The Labute approximate surface area is 98.7 Å². The Kier molecular flexibility index (Phi) is 3.61. The molecule has 1 unspecified atom stereocenters. The second-order valence-electron chi connectivity index (χ2n) is 4.73. The number of hydrogen-bond acceptors (Lipinski definition) is 0. The minimum Gasteiger partial charge on any atom is -0.103 e. The van der Waals surface area contributed by atoms with Gasteiger partial charge in [-0.05, 0) is 54.7 Å². The monoisotopic (exact) mass is 212 g/mol. The third-order valence-electron chi connectivity index (χ3n) is 3.48. The average Bonchev–Trinajstić information content (AvgIpc) is 2.30. The van der Waals surface area contributed by atoms with Crippen LogP contribution in [0.15, 0.2) is 43.5 Å². The number of allylic oxidation sites excluding steroid dienone is 2. The maximum atomic E-state index is 3.84. The highest BCUT2D eigenvalue weighted by molar-refractivity contribution is 5.35. The first-order valence-corrected chi connectivity index (χ1v) is 6.16. The molecule has 0 saturated heterocycles. The van der Waals surface area contributed by atoms with Gasteiger partial charge in [-0.15, -0.1) is 13.2 Å². The molecular formula is C16H20. The van der Waals surface area contributed by atoms with Gasteiger partial charge in [0.1, 0.15) is 0 Å². The highest BCUT2D eigenvalue weighted by Gasteiger charge is 2.17. The van der Waals surface area contributed by atoms with E-state index in [1.807, 2.05) is 6.08 Å². The summed E-state index contributed by atoms with van der Waals surface area (Å²) >= 11 is 0. The van der Waals surface area contributed by atoms with Crippen LogP contribution < -0.4 is 0 Å². The molecule has 0 spiro atoms. The number of rotatable bonds is 4. The Bertz CT molecular complexity index is 387. The highest BCUT2D eigenvalue weighted by atomic mass is 14.2. The smallest absolute Gasteiger partial charge is 0.0100 e. The quantitative estimate of drug-likeness (QED) is 0.659. The molecule has 0 aliphatic heterocycles. The Balaban J connectivity index is 2.15. The fourth-order valence-corrected chi connectivity index (χ4v) is 2.61. The van der Waals surface area contributed by atoms with Gasteiger partial charge >= 0.3 is 0 Å². The largest absolute Gasteiger partial charge is 0.103 e. The standard InChI is InChI=1S/C16H20/c1-3-5-13-7-9-16-12-14(6-4-2)8-10-15(16)11-13/h3-4,7,9,11,14H,1-2,5-6,8,10,12H2. The Morgan fingerprint density at radius 3 is 2.81 bits per heavy atom. The van der Waals surface area contributed by atoms with Crippen molar-refractivity contribution >= 4 is 0 Å². The number of aryl methyl sites for hydroxylation is 1. The predicted octanol–water partition coefficient (Wildman–Crippen LogP) is 4.10. The van der Waals surface area contributed by atoms with Crippen LogP contribution in [0.5, 0.6) is 0 Å². The molecular weight excluding hydrogens is 192 g/mol. The summed E-state index contributed by atoms with van der Waals surface area (Å²) < 4.78 is 0. The summed E-state index contributed by atoms with van der Waals surface area (Å²) in [5, 5.41) is 0. The van der Waals surface area contributed by atoms with E-state index in [0.29, 0.717) is 0 Å². The van der Waals surface area contributed by atoms with Crippen LogP contribution >= 0.6 is 0 Å². The van der Waals surface area contributed by atoms with Gasteiger partial charge in [-0.3, -0.25) is 0 Å². The number of benzene rings is 1. The molecule has 0 aromatic heterocycles. The Morgan fingerprint density at radius 2 is 2.06 bits per heavy atom. The average molecular weight is 212 g/mol. The second-order valence-corrected chi connectivity index (χ2v) is 4.73. The van der Waals surface area contributed by atoms with E-state index in [1.54, 1.807) is 11.1 Å². The molecule has 0 N–H and O–H groups in total. The number of fused-ring (bicyclic) bond motifs is 1. The lowest BCUT2D eigenvalue weighted by Crippen LogP contribution is -2.13. The topological polar surface area (TPSA) is 0 Å². The zero-order valence-corrected chi connectivity index (χ0v) is 9.91. The van der Waals surface area contributed by atoms with E-state index in [-0.39, 0.29) is 0 Å². The van der Waals surface area contributed by atoms with E-state index in [2.05, 4.69) is 37.4 Å². The molecule has 1 aromatic rings. The maximum absolute atomic E-state index is 3.84. The lowest BCUT2D eigenvalue weighted by atomic mass is 9.81. The first-order chi connectivity index (χ1) is 7.83. The van der Waals surface area contributed by atoms with Crippen LogP contribution in [-0.4, -0.2) is 0 Å². The van der Waals surface area contributed by atoms with Crippen LogP contribution in [0.2, 0.25) is 0 Å². The summed E-state index contributed by atoms with van der Waals surface area (Å²) in [4.78, 5) is 0. The van der Waals surface area contributed by atoms with Crippen molar-refractivity contribution in [3.05, 3.63) is 60.2 Å². The first-order valence-electron chi connectivity index (χ1n) is 6.16. The van der Waals surface area contributed by atoms with Crippen LogP contribution in [0.3, 0.4) is 0 Å². The normalized spacial score (nSPS) is 18.9. The third kappa shape index (κ3) is 2.44. The molecule has 0 amide bonds. The fourth-order valence-electron chi connectivity index (χ4n) is 2.61. The SMILES string of the molecule is C=CCc1ccc2c(c1)CCC(CC=C)C2. The third-order valence-corrected chi connectivity index (χ3v) is 3.48. The van der Waals surface area contributed by atoms with Gasteiger partial charge < -0.3 is 0 Å². The molecule has 1 aromatic carbocycles.